The lowest BCUT2D eigenvalue weighted by molar-refractivity contribution is -0.160. The number of hydrogen-bond acceptors (Lipinski definition) is 5. The lowest BCUT2D eigenvalue weighted by Crippen LogP contribution is -2.30. The van der Waals surface area contributed by atoms with Gasteiger partial charge in [-0.3, -0.25) is 0 Å². The van der Waals surface area contributed by atoms with Crippen LogP contribution in [0.15, 0.2) is 18.2 Å². The molecule has 80 valence electrons. The first kappa shape index (κ1) is 10.0. The van der Waals surface area contributed by atoms with Gasteiger partial charge in [0.05, 0.1) is 0 Å². The Hall–Kier alpha value is -1.53. The fourth-order valence-corrected chi connectivity index (χ4v) is 1.43. The van der Waals surface area contributed by atoms with Gasteiger partial charge in [-0.1, -0.05) is 12.2 Å². The molecule has 15 heavy (non-hydrogen) atoms. The Morgan fingerprint density at radius 1 is 1.67 bits per heavy atom. The minimum atomic E-state index is -1.19. The minimum Gasteiger partial charge on any atom is -0.362 e. The maximum atomic E-state index is 9.87. The lowest BCUT2D eigenvalue weighted by Gasteiger charge is -2.25. The summed E-state index contributed by atoms with van der Waals surface area (Å²) in [6.07, 6.45) is 5.57. The minimum absolute atomic E-state index is 0.396. The quantitative estimate of drug-likeness (QED) is 0.696. The molecule has 6 heteroatoms. The van der Waals surface area contributed by atoms with Crippen molar-refractivity contribution in [3.8, 4) is 0 Å². The van der Waals surface area contributed by atoms with E-state index in [1.807, 2.05) is 13.0 Å². The van der Waals surface area contributed by atoms with E-state index in [-0.39, 0.29) is 0 Å². The van der Waals surface area contributed by atoms with Crippen molar-refractivity contribution < 1.29 is 9.84 Å². The molecule has 0 aliphatic heterocycles. The van der Waals surface area contributed by atoms with E-state index in [9.17, 15) is 5.11 Å². The number of ether oxygens (including phenoxy) is 1. The second-order valence-electron chi connectivity index (χ2n) is 3.22. The molecule has 1 unspecified atom stereocenters. The van der Waals surface area contributed by atoms with Crippen molar-refractivity contribution in [3.05, 3.63) is 24.1 Å². The highest BCUT2D eigenvalue weighted by molar-refractivity contribution is 5.70. The monoisotopic (exact) mass is 208 g/mol. The van der Waals surface area contributed by atoms with E-state index in [2.05, 4.69) is 20.6 Å². The van der Waals surface area contributed by atoms with Crippen LogP contribution in [-0.2, 0) is 4.74 Å². The number of nitrogens with one attached hydrogen (secondary N) is 1. The maximum Gasteiger partial charge on any atom is 0.189 e. The van der Waals surface area contributed by atoms with Gasteiger partial charge in [0.2, 0.25) is 0 Å². The van der Waals surface area contributed by atoms with Crippen LogP contribution in [0.4, 0.5) is 0 Å². The number of aromatic nitrogens is 4. The third-order valence-corrected chi connectivity index (χ3v) is 2.15. The van der Waals surface area contributed by atoms with E-state index >= 15 is 0 Å². The normalized spacial score (nSPS) is 25.3. The van der Waals surface area contributed by atoms with Gasteiger partial charge < -0.3 is 9.84 Å². The van der Waals surface area contributed by atoms with Crippen molar-refractivity contribution in [2.45, 2.75) is 19.1 Å². The average Bonchev–Trinajstić information content (AvgIpc) is 2.72. The molecule has 1 heterocycles. The molecule has 1 atom stereocenters. The van der Waals surface area contributed by atoms with Crippen molar-refractivity contribution in [1.29, 1.82) is 0 Å². The zero-order valence-corrected chi connectivity index (χ0v) is 8.34. The summed E-state index contributed by atoms with van der Waals surface area (Å²) in [7, 11) is 0. The molecule has 1 aromatic heterocycles. The summed E-state index contributed by atoms with van der Waals surface area (Å²) in [6, 6.07) is 0. The summed E-state index contributed by atoms with van der Waals surface area (Å²) in [5, 5.41) is 23.3. The molecule has 0 spiro atoms. The number of aliphatic hydroxyl groups is 1. The molecule has 0 saturated heterocycles. The van der Waals surface area contributed by atoms with E-state index in [0.29, 0.717) is 18.9 Å². The first-order chi connectivity index (χ1) is 7.23. The van der Waals surface area contributed by atoms with Crippen LogP contribution < -0.4 is 0 Å². The van der Waals surface area contributed by atoms with Crippen LogP contribution in [0.3, 0.4) is 0 Å². The second kappa shape index (κ2) is 3.92. The van der Waals surface area contributed by atoms with Crippen molar-refractivity contribution in [3.63, 3.8) is 0 Å². The molecule has 1 aliphatic rings. The second-order valence-corrected chi connectivity index (χ2v) is 3.22. The number of hydrogen-bond donors (Lipinski definition) is 2. The molecule has 2 N–H and O–H groups in total. The van der Waals surface area contributed by atoms with E-state index in [4.69, 9.17) is 4.74 Å². The van der Waals surface area contributed by atoms with E-state index < -0.39 is 5.79 Å². The van der Waals surface area contributed by atoms with Gasteiger partial charge in [0.1, 0.15) is 0 Å². The lowest BCUT2D eigenvalue weighted by atomic mass is 10.0. The number of allylic oxidation sites excluding steroid dienone is 2. The van der Waals surface area contributed by atoms with Gasteiger partial charge in [0.15, 0.2) is 11.6 Å². The summed E-state index contributed by atoms with van der Waals surface area (Å²) in [4.78, 5) is 0. The number of tetrazole rings is 1. The summed E-state index contributed by atoms with van der Waals surface area (Å²) in [6.45, 7) is 2.30. The van der Waals surface area contributed by atoms with Gasteiger partial charge in [-0.2, -0.15) is 0 Å². The first-order valence-corrected chi connectivity index (χ1v) is 4.73. The Labute approximate surface area is 86.6 Å². The number of H-pyrrole nitrogens is 1. The Morgan fingerprint density at radius 3 is 3.07 bits per heavy atom. The smallest absolute Gasteiger partial charge is 0.189 e. The molecule has 0 radical (unpaired) electrons. The van der Waals surface area contributed by atoms with E-state index in [1.165, 1.54) is 0 Å². The summed E-state index contributed by atoms with van der Waals surface area (Å²) in [5.74, 6) is -0.601. The summed E-state index contributed by atoms with van der Waals surface area (Å²) >= 11 is 0. The molecule has 0 fully saturated rings. The van der Waals surface area contributed by atoms with Crippen LogP contribution in [0.25, 0.3) is 5.57 Å². The SMILES string of the molecule is CCOC1(O)C=CC(c2nnn[nH]2)=CC1. The summed E-state index contributed by atoms with van der Waals surface area (Å²) < 4.78 is 5.20. The van der Waals surface area contributed by atoms with Crippen LogP contribution in [0.1, 0.15) is 19.2 Å². The molecular formula is C9H12N4O2. The Morgan fingerprint density at radius 2 is 2.53 bits per heavy atom. The van der Waals surface area contributed by atoms with Crippen LogP contribution >= 0.6 is 0 Å². The Bertz CT molecular complexity index is 385. The molecule has 2 rings (SSSR count). The fraction of sp³-hybridized carbons (Fsp3) is 0.444. The Balaban J connectivity index is 2.11. The molecule has 0 bridgehead atoms. The average molecular weight is 208 g/mol. The topological polar surface area (TPSA) is 83.9 Å². The van der Waals surface area contributed by atoms with Crippen LogP contribution in [-0.4, -0.2) is 38.1 Å². The predicted octanol–water partition coefficient (Wildman–Crippen LogP) is 0.268. The van der Waals surface area contributed by atoms with Crippen LogP contribution in [0.2, 0.25) is 0 Å². The Kier molecular flexibility index (Phi) is 2.61. The van der Waals surface area contributed by atoms with Crippen LogP contribution in [0.5, 0.6) is 0 Å². The molecule has 1 aromatic rings. The van der Waals surface area contributed by atoms with Gasteiger partial charge in [-0.25, -0.2) is 5.10 Å². The van der Waals surface area contributed by atoms with Gasteiger partial charge in [0, 0.05) is 18.6 Å². The van der Waals surface area contributed by atoms with Gasteiger partial charge in [-0.15, -0.1) is 5.10 Å². The highest BCUT2D eigenvalue weighted by Gasteiger charge is 2.25. The zero-order chi connectivity index (χ0) is 10.7. The zero-order valence-electron chi connectivity index (χ0n) is 8.34. The fourth-order valence-electron chi connectivity index (χ4n) is 1.43. The van der Waals surface area contributed by atoms with Gasteiger partial charge in [0.25, 0.3) is 0 Å². The standard InChI is InChI=1S/C9H12N4O2/c1-2-15-9(14)5-3-7(4-6-9)8-10-12-13-11-8/h3-5,14H,2,6H2,1H3,(H,10,11,12,13). The van der Waals surface area contributed by atoms with Gasteiger partial charge >= 0.3 is 0 Å². The number of rotatable bonds is 3. The number of nitrogens with zero attached hydrogens (tertiary/aromatic N) is 3. The number of aromatic amines is 1. The molecular weight excluding hydrogens is 196 g/mol. The van der Waals surface area contributed by atoms with Crippen molar-refractivity contribution in [2.75, 3.05) is 6.61 Å². The highest BCUT2D eigenvalue weighted by Crippen LogP contribution is 2.25. The van der Waals surface area contributed by atoms with Crippen molar-refractivity contribution >= 4 is 5.57 Å². The molecule has 0 amide bonds. The first-order valence-electron chi connectivity index (χ1n) is 4.73. The van der Waals surface area contributed by atoms with Crippen LogP contribution in [0, 0.1) is 0 Å². The molecule has 1 aliphatic carbocycles. The largest absolute Gasteiger partial charge is 0.362 e. The predicted molar refractivity (Wildman–Crippen MR) is 52.5 cm³/mol. The molecule has 6 nitrogen and oxygen atoms in total. The third-order valence-electron chi connectivity index (χ3n) is 2.15. The highest BCUT2D eigenvalue weighted by atomic mass is 16.6. The molecule has 0 saturated carbocycles. The third kappa shape index (κ3) is 2.11. The van der Waals surface area contributed by atoms with E-state index in [0.717, 1.165) is 5.57 Å². The van der Waals surface area contributed by atoms with Crippen molar-refractivity contribution in [2.24, 2.45) is 0 Å². The summed E-state index contributed by atoms with van der Waals surface area (Å²) in [5.41, 5.74) is 0.851. The van der Waals surface area contributed by atoms with E-state index in [1.54, 1.807) is 12.2 Å². The van der Waals surface area contributed by atoms with Crippen molar-refractivity contribution in [1.82, 2.24) is 20.6 Å². The molecule has 0 aromatic carbocycles. The van der Waals surface area contributed by atoms with Gasteiger partial charge in [-0.05, 0) is 23.4 Å². The maximum absolute atomic E-state index is 9.87.